The summed E-state index contributed by atoms with van der Waals surface area (Å²) in [4.78, 5) is 6.46. The van der Waals surface area contributed by atoms with Crippen molar-refractivity contribution in [1.82, 2.24) is 14.6 Å². The molecule has 21 heavy (non-hydrogen) atoms. The van der Waals surface area contributed by atoms with Crippen LogP contribution in [-0.2, 0) is 10.0 Å². The lowest BCUT2D eigenvalue weighted by Crippen LogP contribution is -2.38. The third-order valence-corrected chi connectivity index (χ3v) is 5.33. The highest BCUT2D eigenvalue weighted by molar-refractivity contribution is 7.89. The number of hydrogen-bond donors (Lipinski definition) is 3. The van der Waals surface area contributed by atoms with E-state index in [2.05, 4.69) is 27.0 Å². The molecule has 2 rings (SSSR count). The lowest BCUT2D eigenvalue weighted by atomic mass is 9.97. The number of likely N-dealkylation sites (tertiary alicyclic amines) is 1. The molecule has 118 valence electrons. The number of nitrogen functional groups attached to an aromatic ring is 1. The van der Waals surface area contributed by atoms with E-state index in [9.17, 15) is 8.42 Å². The molecule has 1 saturated heterocycles. The first-order valence-electron chi connectivity index (χ1n) is 7.20. The van der Waals surface area contributed by atoms with Gasteiger partial charge in [-0.1, -0.05) is 6.92 Å². The normalized spacial score (nSPS) is 17.8. The van der Waals surface area contributed by atoms with Crippen molar-refractivity contribution in [2.45, 2.75) is 24.7 Å². The summed E-state index contributed by atoms with van der Waals surface area (Å²) in [5, 5.41) is 0. The summed E-state index contributed by atoms with van der Waals surface area (Å²) in [6, 6.07) is 2.88. The van der Waals surface area contributed by atoms with E-state index in [1.807, 2.05) is 0 Å². The zero-order chi connectivity index (χ0) is 15.3. The van der Waals surface area contributed by atoms with E-state index in [1.165, 1.54) is 18.3 Å². The molecule has 0 atom stereocenters. The second-order valence-electron chi connectivity index (χ2n) is 5.25. The summed E-state index contributed by atoms with van der Waals surface area (Å²) in [6.07, 6.45) is 3.48. The van der Waals surface area contributed by atoms with Gasteiger partial charge in [0.25, 0.3) is 0 Å². The van der Waals surface area contributed by atoms with Crippen molar-refractivity contribution in [1.29, 1.82) is 0 Å². The van der Waals surface area contributed by atoms with Crippen molar-refractivity contribution in [3.05, 3.63) is 18.3 Å². The van der Waals surface area contributed by atoms with Crippen LogP contribution < -0.4 is 16.0 Å². The summed E-state index contributed by atoms with van der Waals surface area (Å²) >= 11 is 0. The molecule has 0 aliphatic carbocycles. The Balaban J connectivity index is 1.92. The number of aromatic nitrogens is 1. The van der Waals surface area contributed by atoms with E-state index >= 15 is 0 Å². The third-order valence-electron chi connectivity index (χ3n) is 3.91. The van der Waals surface area contributed by atoms with Crippen LogP contribution in [-0.4, -0.2) is 44.5 Å². The van der Waals surface area contributed by atoms with Gasteiger partial charge in [0, 0.05) is 18.8 Å². The number of rotatable bonds is 6. The number of nitrogens with zero attached hydrogens (tertiary/aromatic N) is 2. The van der Waals surface area contributed by atoms with Crippen molar-refractivity contribution >= 4 is 15.8 Å². The van der Waals surface area contributed by atoms with E-state index in [0.29, 0.717) is 18.3 Å². The Hall–Kier alpha value is -1.22. The zero-order valence-electron chi connectivity index (χ0n) is 12.2. The highest BCUT2D eigenvalue weighted by Gasteiger charge is 2.21. The van der Waals surface area contributed by atoms with Gasteiger partial charge in [-0.05, 0) is 44.5 Å². The molecule has 4 N–H and O–H groups in total. The SMILES string of the molecule is CCN1CCC(CNS(=O)(=O)c2ccnc(NN)c2)CC1. The van der Waals surface area contributed by atoms with E-state index in [1.54, 1.807) is 0 Å². The van der Waals surface area contributed by atoms with Crippen LogP contribution in [0.3, 0.4) is 0 Å². The number of sulfonamides is 1. The Bertz CT molecular complexity index is 555. The maximum Gasteiger partial charge on any atom is 0.240 e. The fraction of sp³-hybridized carbons (Fsp3) is 0.615. The molecular formula is C13H23N5O2S. The second kappa shape index (κ2) is 7.17. The minimum Gasteiger partial charge on any atom is -0.308 e. The molecule has 1 aliphatic heterocycles. The van der Waals surface area contributed by atoms with Crippen LogP contribution in [0.25, 0.3) is 0 Å². The van der Waals surface area contributed by atoms with Gasteiger partial charge >= 0.3 is 0 Å². The smallest absolute Gasteiger partial charge is 0.240 e. The number of hydrogen-bond acceptors (Lipinski definition) is 6. The zero-order valence-corrected chi connectivity index (χ0v) is 13.1. The summed E-state index contributed by atoms with van der Waals surface area (Å²) in [6.45, 7) is 5.77. The molecule has 0 bridgehead atoms. The van der Waals surface area contributed by atoms with Gasteiger partial charge in [-0.15, -0.1) is 0 Å². The summed E-state index contributed by atoms with van der Waals surface area (Å²) in [5.74, 6) is 5.97. The first-order valence-corrected chi connectivity index (χ1v) is 8.68. The molecule has 2 heterocycles. The molecule has 1 aromatic heterocycles. The van der Waals surface area contributed by atoms with E-state index < -0.39 is 10.0 Å². The quantitative estimate of drug-likeness (QED) is 0.518. The Kier molecular flexibility index (Phi) is 5.51. The molecule has 1 aromatic rings. The number of nitrogens with one attached hydrogen (secondary N) is 2. The number of piperidine rings is 1. The van der Waals surface area contributed by atoms with Crippen LogP contribution >= 0.6 is 0 Å². The van der Waals surface area contributed by atoms with Gasteiger partial charge in [-0.25, -0.2) is 24.0 Å². The topological polar surface area (TPSA) is 100 Å². The van der Waals surface area contributed by atoms with Gasteiger partial charge in [0.1, 0.15) is 5.82 Å². The highest BCUT2D eigenvalue weighted by atomic mass is 32.2. The molecule has 0 unspecified atom stereocenters. The van der Waals surface area contributed by atoms with Crippen molar-refractivity contribution in [2.75, 3.05) is 31.6 Å². The predicted molar refractivity (Wildman–Crippen MR) is 82.1 cm³/mol. The van der Waals surface area contributed by atoms with E-state index in [0.717, 1.165) is 32.5 Å². The Morgan fingerprint density at radius 3 is 2.76 bits per heavy atom. The van der Waals surface area contributed by atoms with Crippen LogP contribution in [0.4, 0.5) is 5.82 Å². The first kappa shape index (κ1) is 16.2. The number of anilines is 1. The Morgan fingerprint density at radius 1 is 1.43 bits per heavy atom. The molecular weight excluding hydrogens is 290 g/mol. The third kappa shape index (κ3) is 4.37. The molecule has 0 spiro atoms. The Labute approximate surface area is 125 Å². The lowest BCUT2D eigenvalue weighted by molar-refractivity contribution is 0.194. The van der Waals surface area contributed by atoms with Crippen molar-refractivity contribution < 1.29 is 8.42 Å². The first-order chi connectivity index (χ1) is 10.0. The summed E-state index contributed by atoms with van der Waals surface area (Å²) < 4.78 is 27.2. The molecule has 0 amide bonds. The minimum atomic E-state index is -3.51. The van der Waals surface area contributed by atoms with E-state index in [4.69, 9.17) is 5.84 Å². The number of nitrogens with two attached hydrogens (primary N) is 1. The van der Waals surface area contributed by atoms with Gasteiger partial charge in [0.2, 0.25) is 10.0 Å². The summed E-state index contributed by atoms with van der Waals surface area (Å²) in [5.41, 5.74) is 2.35. The molecule has 1 fully saturated rings. The second-order valence-corrected chi connectivity index (χ2v) is 7.02. The van der Waals surface area contributed by atoms with Gasteiger partial charge in [0.15, 0.2) is 0 Å². The lowest BCUT2D eigenvalue weighted by Gasteiger charge is -2.30. The highest BCUT2D eigenvalue weighted by Crippen LogP contribution is 2.17. The van der Waals surface area contributed by atoms with Crippen molar-refractivity contribution in [2.24, 2.45) is 11.8 Å². The van der Waals surface area contributed by atoms with Crippen LogP contribution in [0, 0.1) is 5.92 Å². The van der Waals surface area contributed by atoms with Gasteiger partial charge in [-0.3, -0.25) is 0 Å². The standard InChI is InChI=1S/C13H23N5O2S/c1-2-18-7-4-11(5-8-18)10-16-21(19,20)12-3-6-15-13(9-12)17-14/h3,6,9,11,16H,2,4-5,7-8,10,14H2,1H3,(H,15,17). The van der Waals surface area contributed by atoms with E-state index in [-0.39, 0.29) is 4.90 Å². The largest absolute Gasteiger partial charge is 0.308 e. The van der Waals surface area contributed by atoms with Crippen LogP contribution in [0.15, 0.2) is 23.2 Å². The molecule has 7 nitrogen and oxygen atoms in total. The van der Waals surface area contributed by atoms with Crippen LogP contribution in [0.5, 0.6) is 0 Å². The average molecular weight is 313 g/mol. The maximum absolute atomic E-state index is 12.2. The molecule has 0 radical (unpaired) electrons. The number of hydrazine groups is 1. The van der Waals surface area contributed by atoms with Crippen LogP contribution in [0.2, 0.25) is 0 Å². The molecule has 0 aromatic carbocycles. The molecule has 8 heteroatoms. The minimum absolute atomic E-state index is 0.177. The van der Waals surface area contributed by atoms with Gasteiger partial charge in [0.05, 0.1) is 4.90 Å². The fourth-order valence-corrected chi connectivity index (χ4v) is 3.60. The van der Waals surface area contributed by atoms with Gasteiger partial charge in [-0.2, -0.15) is 0 Å². The van der Waals surface area contributed by atoms with Gasteiger partial charge < -0.3 is 10.3 Å². The fourth-order valence-electron chi connectivity index (χ4n) is 2.47. The Morgan fingerprint density at radius 2 is 2.14 bits per heavy atom. The average Bonchev–Trinajstić information content (AvgIpc) is 2.53. The van der Waals surface area contributed by atoms with Crippen molar-refractivity contribution in [3.63, 3.8) is 0 Å². The maximum atomic E-state index is 12.2. The molecule has 1 aliphatic rings. The van der Waals surface area contributed by atoms with Crippen LogP contribution in [0.1, 0.15) is 19.8 Å². The monoisotopic (exact) mass is 313 g/mol. The number of pyridine rings is 1. The van der Waals surface area contributed by atoms with Crippen molar-refractivity contribution in [3.8, 4) is 0 Å². The molecule has 0 saturated carbocycles. The predicted octanol–water partition coefficient (Wildman–Crippen LogP) is 0.377. The summed E-state index contributed by atoms with van der Waals surface area (Å²) in [7, 11) is -3.51.